The van der Waals surface area contributed by atoms with Crippen LogP contribution in [0.3, 0.4) is 0 Å². The van der Waals surface area contributed by atoms with Gasteiger partial charge in [-0.25, -0.2) is 0 Å². The normalized spacial score (nSPS) is 13.4. The van der Waals surface area contributed by atoms with Crippen LogP contribution in [0.2, 0.25) is 0 Å². The molecule has 1 heterocycles. The van der Waals surface area contributed by atoms with Crippen molar-refractivity contribution in [2.45, 2.75) is 53.1 Å². The molecule has 0 amide bonds. The molecule has 0 radical (unpaired) electrons. The fraction of sp³-hybridized carbons (Fsp3) is 0.750. The van der Waals surface area contributed by atoms with Gasteiger partial charge in [-0.1, -0.05) is 13.8 Å². The van der Waals surface area contributed by atoms with Crippen LogP contribution in [0, 0.1) is 13.8 Å². The van der Waals surface area contributed by atoms with Crippen LogP contribution in [0.15, 0.2) is 4.47 Å². The molecule has 0 fully saturated rings. The third-order valence-electron chi connectivity index (χ3n) is 2.77. The van der Waals surface area contributed by atoms with Gasteiger partial charge in [-0.3, -0.25) is 4.68 Å². The molecule has 1 N–H and O–H groups in total. The highest BCUT2D eigenvalue weighted by Crippen LogP contribution is 2.23. The Labute approximate surface area is 107 Å². The summed E-state index contributed by atoms with van der Waals surface area (Å²) in [6.07, 6.45) is 1.10. The van der Waals surface area contributed by atoms with Gasteiger partial charge in [-0.2, -0.15) is 5.10 Å². The first-order valence-corrected chi connectivity index (χ1v) is 6.67. The zero-order chi connectivity index (χ0) is 12.3. The molecule has 0 aliphatic rings. The summed E-state index contributed by atoms with van der Waals surface area (Å²) < 4.78 is 3.25. The van der Waals surface area contributed by atoms with Crippen molar-refractivity contribution in [1.82, 2.24) is 15.1 Å². The lowest BCUT2D eigenvalue weighted by Crippen LogP contribution is -2.25. The summed E-state index contributed by atoms with van der Waals surface area (Å²) in [6.45, 7) is 11.7. The van der Waals surface area contributed by atoms with Gasteiger partial charge in [0.25, 0.3) is 0 Å². The summed E-state index contributed by atoms with van der Waals surface area (Å²) in [6, 6.07) is 0.996. The van der Waals surface area contributed by atoms with Crippen LogP contribution >= 0.6 is 15.9 Å². The quantitative estimate of drug-likeness (QED) is 0.901. The third-order valence-corrected chi connectivity index (χ3v) is 3.92. The maximum absolute atomic E-state index is 4.55. The number of halogens is 1. The molecule has 1 unspecified atom stereocenters. The van der Waals surface area contributed by atoms with E-state index in [0.29, 0.717) is 12.1 Å². The first kappa shape index (κ1) is 13.7. The van der Waals surface area contributed by atoms with Gasteiger partial charge in [0, 0.05) is 6.04 Å². The maximum atomic E-state index is 4.55. The molecule has 1 atom stereocenters. The minimum absolute atomic E-state index is 0.441. The number of aryl methyl sites for hydroxylation is 1. The van der Waals surface area contributed by atoms with E-state index in [-0.39, 0.29) is 0 Å². The average Bonchev–Trinajstić information content (AvgIpc) is 2.45. The molecule has 0 aliphatic heterocycles. The third kappa shape index (κ3) is 3.32. The molecule has 0 saturated heterocycles. The molecule has 0 spiro atoms. The zero-order valence-electron chi connectivity index (χ0n) is 10.8. The molecule has 4 heteroatoms. The van der Waals surface area contributed by atoms with Gasteiger partial charge >= 0.3 is 0 Å². The van der Waals surface area contributed by atoms with E-state index >= 15 is 0 Å². The van der Waals surface area contributed by atoms with E-state index in [2.05, 4.69) is 58.7 Å². The van der Waals surface area contributed by atoms with Crippen molar-refractivity contribution in [2.75, 3.05) is 6.54 Å². The maximum Gasteiger partial charge on any atom is 0.0738 e. The predicted octanol–water partition coefficient (Wildman–Crippen LogP) is 3.21. The monoisotopic (exact) mass is 287 g/mol. The first-order valence-electron chi connectivity index (χ1n) is 5.88. The highest BCUT2D eigenvalue weighted by Gasteiger charge is 2.13. The van der Waals surface area contributed by atoms with E-state index in [0.717, 1.165) is 23.1 Å². The number of aromatic nitrogens is 2. The van der Waals surface area contributed by atoms with Gasteiger partial charge in [0.2, 0.25) is 0 Å². The summed E-state index contributed by atoms with van der Waals surface area (Å²) >= 11 is 3.56. The van der Waals surface area contributed by atoms with Crippen molar-refractivity contribution in [3.63, 3.8) is 0 Å². The Balaban J connectivity index is 2.59. The van der Waals surface area contributed by atoms with E-state index in [1.165, 1.54) is 5.69 Å². The molecule has 0 aliphatic carbocycles. The molecule has 0 aromatic carbocycles. The number of nitrogens with zero attached hydrogens (tertiary/aromatic N) is 2. The standard InChI is InChI=1S/C12H22BrN3/c1-8(2)14-7-6-9(3)16-11(5)12(13)10(4)15-16/h8-9,14H,6-7H2,1-5H3. The Hall–Kier alpha value is -0.350. The van der Waals surface area contributed by atoms with E-state index in [4.69, 9.17) is 0 Å². The largest absolute Gasteiger partial charge is 0.314 e. The Morgan fingerprint density at radius 2 is 1.94 bits per heavy atom. The Morgan fingerprint density at radius 1 is 1.31 bits per heavy atom. The smallest absolute Gasteiger partial charge is 0.0738 e. The molecule has 1 rings (SSSR count). The van der Waals surface area contributed by atoms with E-state index in [9.17, 15) is 0 Å². The second kappa shape index (κ2) is 5.82. The summed E-state index contributed by atoms with van der Waals surface area (Å²) in [5.41, 5.74) is 2.29. The van der Waals surface area contributed by atoms with Crippen molar-refractivity contribution in [3.8, 4) is 0 Å². The molecule has 16 heavy (non-hydrogen) atoms. The van der Waals surface area contributed by atoms with Crippen molar-refractivity contribution in [1.29, 1.82) is 0 Å². The van der Waals surface area contributed by atoms with Crippen LogP contribution in [0.4, 0.5) is 0 Å². The van der Waals surface area contributed by atoms with Crippen LogP contribution in [0.25, 0.3) is 0 Å². The lowest BCUT2D eigenvalue weighted by atomic mass is 10.2. The van der Waals surface area contributed by atoms with Gasteiger partial charge in [0.15, 0.2) is 0 Å². The van der Waals surface area contributed by atoms with Crippen molar-refractivity contribution in [3.05, 3.63) is 15.9 Å². The lowest BCUT2D eigenvalue weighted by molar-refractivity contribution is 0.424. The second-order valence-electron chi connectivity index (χ2n) is 4.68. The Morgan fingerprint density at radius 3 is 2.38 bits per heavy atom. The lowest BCUT2D eigenvalue weighted by Gasteiger charge is -2.15. The fourth-order valence-corrected chi connectivity index (χ4v) is 2.04. The van der Waals surface area contributed by atoms with Crippen molar-refractivity contribution >= 4 is 15.9 Å². The topological polar surface area (TPSA) is 29.9 Å². The highest BCUT2D eigenvalue weighted by molar-refractivity contribution is 9.10. The molecule has 0 saturated carbocycles. The summed E-state index contributed by atoms with van der Waals surface area (Å²) in [7, 11) is 0. The van der Waals surface area contributed by atoms with E-state index < -0.39 is 0 Å². The highest BCUT2D eigenvalue weighted by atomic mass is 79.9. The minimum atomic E-state index is 0.441. The van der Waals surface area contributed by atoms with E-state index in [1.54, 1.807) is 0 Å². The summed E-state index contributed by atoms with van der Waals surface area (Å²) in [5, 5.41) is 7.98. The van der Waals surface area contributed by atoms with Crippen LogP contribution < -0.4 is 5.32 Å². The SMILES string of the molecule is Cc1nn(C(C)CCNC(C)C)c(C)c1Br. The molecule has 92 valence electrons. The van der Waals surface area contributed by atoms with Crippen LogP contribution in [0.5, 0.6) is 0 Å². The van der Waals surface area contributed by atoms with Crippen molar-refractivity contribution < 1.29 is 0 Å². The number of nitrogens with one attached hydrogen (secondary N) is 1. The Bertz CT molecular complexity index is 344. The zero-order valence-corrected chi connectivity index (χ0v) is 12.4. The van der Waals surface area contributed by atoms with Crippen LogP contribution in [-0.4, -0.2) is 22.4 Å². The van der Waals surface area contributed by atoms with Gasteiger partial charge in [-0.05, 0) is 49.7 Å². The summed E-state index contributed by atoms with van der Waals surface area (Å²) in [5.74, 6) is 0. The molecule has 1 aromatic rings. The second-order valence-corrected chi connectivity index (χ2v) is 5.47. The molecule has 3 nitrogen and oxygen atoms in total. The first-order chi connectivity index (χ1) is 7.43. The van der Waals surface area contributed by atoms with Gasteiger partial charge in [0.1, 0.15) is 0 Å². The number of hydrogen-bond acceptors (Lipinski definition) is 2. The summed E-state index contributed by atoms with van der Waals surface area (Å²) in [4.78, 5) is 0. The minimum Gasteiger partial charge on any atom is -0.314 e. The molecular weight excluding hydrogens is 266 g/mol. The number of hydrogen-bond donors (Lipinski definition) is 1. The predicted molar refractivity (Wildman–Crippen MR) is 71.9 cm³/mol. The average molecular weight is 288 g/mol. The fourth-order valence-electron chi connectivity index (χ4n) is 1.78. The van der Waals surface area contributed by atoms with Gasteiger partial charge < -0.3 is 5.32 Å². The van der Waals surface area contributed by atoms with Crippen LogP contribution in [-0.2, 0) is 0 Å². The molecule has 1 aromatic heterocycles. The van der Waals surface area contributed by atoms with Crippen molar-refractivity contribution in [2.24, 2.45) is 0 Å². The Kier molecular flexibility index (Phi) is 4.99. The van der Waals surface area contributed by atoms with Crippen LogP contribution in [0.1, 0.15) is 44.6 Å². The number of rotatable bonds is 5. The molecular formula is C12H22BrN3. The van der Waals surface area contributed by atoms with Gasteiger partial charge in [0.05, 0.1) is 21.9 Å². The van der Waals surface area contributed by atoms with Gasteiger partial charge in [-0.15, -0.1) is 0 Å². The molecule has 0 bridgehead atoms. The van der Waals surface area contributed by atoms with E-state index in [1.807, 2.05) is 6.92 Å².